The Morgan fingerprint density at radius 3 is 2.53 bits per heavy atom. The largest absolute Gasteiger partial charge is 0.497 e. The van der Waals surface area contributed by atoms with E-state index in [2.05, 4.69) is 10.3 Å². The number of amides is 1. The molecule has 1 N–H and O–H groups in total. The average Bonchev–Trinajstić information content (AvgIpc) is 3.36. The Hall–Kier alpha value is -4.14. The number of nitrogens with zero attached hydrogens (tertiary/aromatic N) is 1. The number of hydrogen-bond acceptors (Lipinski definition) is 8. The summed E-state index contributed by atoms with van der Waals surface area (Å²) in [4.78, 5) is 42.8. The van der Waals surface area contributed by atoms with E-state index in [1.807, 2.05) is 0 Å². The number of furan rings is 1. The van der Waals surface area contributed by atoms with Gasteiger partial charge in [0.25, 0.3) is 0 Å². The molecule has 36 heavy (non-hydrogen) atoms. The van der Waals surface area contributed by atoms with Crippen LogP contribution in [0.3, 0.4) is 0 Å². The molecule has 0 saturated carbocycles. The summed E-state index contributed by atoms with van der Waals surface area (Å²) in [7, 11) is 1.51. The molecule has 0 saturated heterocycles. The van der Waals surface area contributed by atoms with Crippen molar-refractivity contribution in [2.75, 3.05) is 19.0 Å². The normalized spacial score (nSPS) is 11.9. The molecule has 9 nitrogen and oxygen atoms in total. The first-order valence-corrected chi connectivity index (χ1v) is 11.5. The fourth-order valence-corrected chi connectivity index (χ4v) is 3.56. The first-order valence-electron chi connectivity index (χ1n) is 11.5. The minimum absolute atomic E-state index is 0.144. The summed E-state index contributed by atoms with van der Waals surface area (Å²) in [6, 6.07) is 11.6. The number of ketones is 1. The molecule has 3 rings (SSSR count). The molecule has 190 valence electrons. The van der Waals surface area contributed by atoms with E-state index >= 15 is 0 Å². The van der Waals surface area contributed by atoms with E-state index < -0.39 is 23.6 Å². The van der Waals surface area contributed by atoms with Gasteiger partial charge in [0, 0.05) is 18.2 Å². The molecule has 1 aromatic carbocycles. The Morgan fingerprint density at radius 1 is 1.11 bits per heavy atom. The van der Waals surface area contributed by atoms with Gasteiger partial charge in [0.2, 0.25) is 0 Å². The molecular weight excluding hydrogens is 464 g/mol. The summed E-state index contributed by atoms with van der Waals surface area (Å²) >= 11 is 0. The summed E-state index contributed by atoms with van der Waals surface area (Å²) in [5.74, 6) is -1.08. The van der Waals surface area contributed by atoms with Gasteiger partial charge < -0.3 is 18.6 Å². The summed E-state index contributed by atoms with van der Waals surface area (Å²) in [6.45, 7) is 7.20. The van der Waals surface area contributed by atoms with Crippen LogP contribution in [0, 0.1) is 0 Å². The third-order valence-electron chi connectivity index (χ3n) is 5.10. The molecule has 2 heterocycles. The summed E-state index contributed by atoms with van der Waals surface area (Å²) in [6.07, 6.45) is 2.25. The van der Waals surface area contributed by atoms with Gasteiger partial charge in [-0.1, -0.05) is 12.1 Å². The molecule has 0 aliphatic carbocycles. The van der Waals surface area contributed by atoms with Crippen LogP contribution < -0.4 is 10.1 Å². The van der Waals surface area contributed by atoms with Crippen molar-refractivity contribution in [3.63, 3.8) is 0 Å². The lowest BCUT2D eigenvalue weighted by Crippen LogP contribution is -2.28. The number of hydrogen-bond donors (Lipinski definition) is 1. The molecule has 1 atom stereocenters. The molecule has 9 heteroatoms. The van der Waals surface area contributed by atoms with Crippen LogP contribution in [0.25, 0.3) is 0 Å². The number of aromatic nitrogens is 1. The minimum Gasteiger partial charge on any atom is -0.497 e. The Labute approximate surface area is 209 Å². The van der Waals surface area contributed by atoms with E-state index in [0.717, 1.165) is 0 Å². The molecule has 0 spiro atoms. The number of nitrogens with one attached hydrogen (secondary N) is 1. The number of benzene rings is 1. The summed E-state index contributed by atoms with van der Waals surface area (Å²) in [5.41, 5.74) is 1.17. The minimum atomic E-state index is -0.775. The molecule has 2 aromatic heterocycles. The third kappa shape index (κ3) is 6.94. The third-order valence-corrected chi connectivity index (χ3v) is 5.10. The van der Waals surface area contributed by atoms with Crippen LogP contribution in [-0.4, -0.2) is 42.1 Å². The van der Waals surface area contributed by atoms with E-state index in [9.17, 15) is 14.4 Å². The molecular formula is C27H30N2O7. The Bertz CT molecular complexity index is 1210. The standard InChI is InChI=1S/C27H30N2O7/c1-6-35-25(31)22-9-7-8-18(28-22)14-21(24(30)17-12-13-34-16-17)20-11-10-19(33-5)15-23(20)29-26(32)36-27(2,3)4/h7-13,15-16,21H,6,14H2,1-5H3,(H,29,32). The molecule has 0 fully saturated rings. The van der Waals surface area contributed by atoms with E-state index in [4.69, 9.17) is 18.6 Å². The fraction of sp³-hybridized carbons (Fsp3) is 0.333. The molecule has 3 aromatic rings. The highest BCUT2D eigenvalue weighted by Gasteiger charge is 2.28. The number of rotatable bonds is 9. The van der Waals surface area contributed by atoms with Gasteiger partial charge in [0.05, 0.1) is 37.1 Å². The van der Waals surface area contributed by atoms with Gasteiger partial charge in [-0.3, -0.25) is 10.1 Å². The van der Waals surface area contributed by atoms with Gasteiger partial charge in [-0.05, 0) is 57.5 Å². The zero-order valence-electron chi connectivity index (χ0n) is 21.0. The second-order valence-electron chi connectivity index (χ2n) is 8.95. The maximum Gasteiger partial charge on any atom is 0.412 e. The SMILES string of the molecule is CCOC(=O)c1cccc(CC(C(=O)c2ccoc2)c2ccc(OC)cc2NC(=O)OC(C)(C)C)n1. The van der Waals surface area contributed by atoms with Crippen molar-refractivity contribution in [2.24, 2.45) is 0 Å². The van der Waals surface area contributed by atoms with E-state index in [1.165, 1.54) is 19.6 Å². The number of pyridine rings is 1. The molecule has 0 radical (unpaired) electrons. The van der Waals surface area contributed by atoms with Crippen molar-refractivity contribution >= 4 is 23.5 Å². The van der Waals surface area contributed by atoms with Crippen LogP contribution in [0.2, 0.25) is 0 Å². The Morgan fingerprint density at radius 2 is 1.89 bits per heavy atom. The maximum atomic E-state index is 13.6. The average molecular weight is 495 g/mol. The molecule has 1 unspecified atom stereocenters. The van der Waals surface area contributed by atoms with E-state index in [-0.39, 0.29) is 24.5 Å². The second-order valence-corrected chi connectivity index (χ2v) is 8.95. The lowest BCUT2D eigenvalue weighted by molar-refractivity contribution is 0.0518. The lowest BCUT2D eigenvalue weighted by atomic mass is 9.86. The summed E-state index contributed by atoms with van der Waals surface area (Å²) in [5, 5.41) is 2.74. The van der Waals surface area contributed by atoms with Crippen molar-refractivity contribution < 1.29 is 33.0 Å². The number of carbonyl (C=O) groups excluding carboxylic acids is 3. The highest BCUT2D eigenvalue weighted by Crippen LogP contribution is 2.34. The monoisotopic (exact) mass is 494 g/mol. The number of esters is 1. The fourth-order valence-electron chi connectivity index (χ4n) is 3.56. The van der Waals surface area contributed by atoms with E-state index in [1.54, 1.807) is 70.2 Å². The number of anilines is 1. The van der Waals surface area contributed by atoms with Crippen LogP contribution >= 0.6 is 0 Å². The lowest BCUT2D eigenvalue weighted by Gasteiger charge is -2.23. The van der Waals surface area contributed by atoms with Gasteiger partial charge >= 0.3 is 12.1 Å². The second kappa shape index (κ2) is 11.5. The Kier molecular flexibility index (Phi) is 8.47. The quantitative estimate of drug-likeness (QED) is 0.310. The number of ether oxygens (including phenoxy) is 3. The molecule has 0 aliphatic heterocycles. The molecule has 0 aliphatic rings. The maximum absolute atomic E-state index is 13.6. The van der Waals surface area contributed by atoms with Gasteiger partial charge in [-0.2, -0.15) is 0 Å². The molecule has 1 amide bonds. The van der Waals surface area contributed by atoms with Crippen LogP contribution in [-0.2, 0) is 15.9 Å². The predicted molar refractivity (Wildman–Crippen MR) is 133 cm³/mol. The highest BCUT2D eigenvalue weighted by atomic mass is 16.6. The van der Waals surface area contributed by atoms with Gasteiger partial charge in [0.15, 0.2) is 5.78 Å². The van der Waals surface area contributed by atoms with E-state index in [0.29, 0.717) is 28.3 Å². The first-order chi connectivity index (χ1) is 17.1. The van der Waals surface area contributed by atoms with Gasteiger partial charge in [0.1, 0.15) is 23.3 Å². The first kappa shape index (κ1) is 26.5. The van der Waals surface area contributed by atoms with Crippen LogP contribution in [0.1, 0.15) is 65.7 Å². The van der Waals surface area contributed by atoms with Crippen molar-refractivity contribution in [2.45, 2.75) is 45.6 Å². The van der Waals surface area contributed by atoms with Crippen molar-refractivity contribution in [3.8, 4) is 5.75 Å². The highest BCUT2D eigenvalue weighted by molar-refractivity contribution is 6.02. The zero-order chi connectivity index (χ0) is 26.3. The number of Topliss-reactive ketones (excluding diaryl/α,β-unsaturated/α-hetero) is 1. The molecule has 0 bridgehead atoms. The zero-order valence-corrected chi connectivity index (χ0v) is 21.0. The smallest absolute Gasteiger partial charge is 0.412 e. The number of methoxy groups -OCH3 is 1. The van der Waals surface area contributed by atoms with Crippen LogP contribution in [0.15, 0.2) is 59.4 Å². The van der Waals surface area contributed by atoms with Crippen molar-refractivity contribution in [1.82, 2.24) is 4.98 Å². The van der Waals surface area contributed by atoms with Crippen molar-refractivity contribution in [1.29, 1.82) is 0 Å². The van der Waals surface area contributed by atoms with Gasteiger partial charge in [-0.25, -0.2) is 14.6 Å². The Balaban J connectivity index is 2.04. The van der Waals surface area contributed by atoms with Crippen molar-refractivity contribution in [3.05, 3.63) is 77.5 Å². The predicted octanol–water partition coefficient (Wildman–Crippen LogP) is 5.42. The van der Waals surface area contributed by atoms with Crippen LogP contribution in [0.4, 0.5) is 10.5 Å². The topological polar surface area (TPSA) is 117 Å². The van der Waals surface area contributed by atoms with Crippen LogP contribution in [0.5, 0.6) is 5.75 Å². The van der Waals surface area contributed by atoms with Gasteiger partial charge in [-0.15, -0.1) is 0 Å². The summed E-state index contributed by atoms with van der Waals surface area (Å²) < 4.78 is 20.9. The number of carbonyl (C=O) groups is 3.